The van der Waals surface area contributed by atoms with Gasteiger partial charge in [0.15, 0.2) is 0 Å². The van der Waals surface area contributed by atoms with Crippen molar-refractivity contribution < 1.29 is 23.8 Å². The van der Waals surface area contributed by atoms with Crippen LogP contribution >= 0.6 is 11.6 Å². The average Bonchev–Trinajstić information content (AvgIpc) is 3.61. The van der Waals surface area contributed by atoms with Gasteiger partial charge in [0.1, 0.15) is 18.2 Å². The molecule has 3 heterocycles. The van der Waals surface area contributed by atoms with Gasteiger partial charge in [0.25, 0.3) is 0 Å². The predicted octanol–water partition coefficient (Wildman–Crippen LogP) is 7.25. The summed E-state index contributed by atoms with van der Waals surface area (Å²) in [5.74, 6) is -0.125. The molecule has 2 aromatic heterocycles. The standard InChI is InChI=1S/C33H29ClFN3O4/c1-20-14-22(28-5-2-6-32(37-28)42-19-24-9-11-25(34)17-27(24)35)8-7-21(20)16-31-36-29-12-10-23(33(39)40)15-30(29)38(31)18-26-4-3-13-41-26/h2,5-12,14-15,17,26H,3-4,13,16,18-19H2,1H3,(H,39,40). The summed E-state index contributed by atoms with van der Waals surface area (Å²) in [6, 6.07) is 21.2. The van der Waals surface area contributed by atoms with E-state index in [1.54, 1.807) is 36.4 Å². The summed E-state index contributed by atoms with van der Waals surface area (Å²) in [6.45, 7) is 3.46. The van der Waals surface area contributed by atoms with Crippen LogP contribution in [0.2, 0.25) is 5.02 Å². The van der Waals surface area contributed by atoms with E-state index in [-0.39, 0.29) is 18.3 Å². The molecule has 42 heavy (non-hydrogen) atoms. The molecule has 7 nitrogen and oxygen atoms in total. The second kappa shape index (κ2) is 11.9. The second-order valence-electron chi connectivity index (χ2n) is 10.5. The number of aryl methyl sites for hydroxylation is 1. The van der Waals surface area contributed by atoms with Crippen molar-refractivity contribution in [3.05, 3.63) is 112 Å². The minimum atomic E-state index is -0.963. The van der Waals surface area contributed by atoms with E-state index >= 15 is 0 Å². The van der Waals surface area contributed by atoms with Gasteiger partial charge in [-0.1, -0.05) is 35.9 Å². The lowest BCUT2D eigenvalue weighted by atomic mass is 10.0. The lowest BCUT2D eigenvalue weighted by molar-refractivity contribution is 0.0697. The zero-order chi connectivity index (χ0) is 29.2. The molecule has 0 spiro atoms. The van der Waals surface area contributed by atoms with E-state index in [1.165, 1.54) is 6.07 Å². The number of pyridine rings is 1. The number of imidazole rings is 1. The first-order valence-electron chi connectivity index (χ1n) is 13.8. The van der Waals surface area contributed by atoms with Crippen LogP contribution in [0, 0.1) is 12.7 Å². The largest absolute Gasteiger partial charge is 0.478 e. The maximum absolute atomic E-state index is 14.2. The van der Waals surface area contributed by atoms with Crippen molar-refractivity contribution in [1.82, 2.24) is 14.5 Å². The van der Waals surface area contributed by atoms with E-state index in [9.17, 15) is 14.3 Å². The molecule has 0 aliphatic carbocycles. The summed E-state index contributed by atoms with van der Waals surface area (Å²) in [5.41, 5.74) is 6.05. The van der Waals surface area contributed by atoms with Crippen LogP contribution in [0.5, 0.6) is 5.88 Å². The first kappa shape index (κ1) is 27.9. The number of halogens is 2. The number of aromatic nitrogens is 3. The van der Waals surface area contributed by atoms with Gasteiger partial charge in [0.2, 0.25) is 5.88 Å². The zero-order valence-electron chi connectivity index (χ0n) is 23.0. The summed E-state index contributed by atoms with van der Waals surface area (Å²) in [7, 11) is 0. The highest BCUT2D eigenvalue weighted by Gasteiger charge is 2.21. The number of hydrogen-bond acceptors (Lipinski definition) is 5. The fourth-order valence-corrected chi connectivity index (χ4v) is 5.47. The topological polar surface area (TPSA) is 86.5 Å². The van der Waals surface area contributed by atoms with Gasteiger partial charge in [-0.15, -0.1) is 0 Å². The number of hydrogen-bond donors (Lipinski definition) is 1. The molecule has 214 valence electrons. The van der Waals surface area contributed by atoms with Gasteiger partial charge < -0.3 is 19.1 Å². The quantitative estimate of drug-likeness (QED) is 0.196. The number of rotatable bonds is 9. The first-order valence-corrected chi connectivity index (χ1v) is 14.2. The van der Waals surface area contributed by atoms with Crippen molar-refractivity contribution in [2.24, 2.45) is 0 Å². The molecule has 1 aliphatic heterocycles. The summed E-state index contributed by atoms with van der Waals surface area (Å²) < 4.78 is 27.9. The molecule has 5 aromatic rings. The minimum absolute atomic E-state index is 0.0400. The van der Waals surface area contributed by atoms with E-state index in [0.717, 1.165) is 58.7 Å². The van der Waals surface area contributed by atoms with Crippen LogP contribution < -0.4 is 4.74 Å². The highest BCUT2D eigenvalue weighted by molar-refractivity contribution is 6.30. The number of ether oxygens (including phenoxy) is 2. The van der Waals surface area contributed by atoms with Crippen LogP contribution in [0.1, 0.15) is 45.7 Å². The molecule has 1 saturated heterocycles. The fraction of sp³-hybridized carbons (Fsp3) is 0.242. The number of carbonyl (C=O) groups is 1. The third kappa shape index (κ3) is 6.00. The van der Waals surface area contributed by atoms with Gasteiger partial charge in [0.05, 0.1) is 34.9 Å². The van der Waals surface area contributed by atoms with E-state index in [2.05, 4.69) is 28.6 Å². The van der Waals surface area contributed by atoms with Crippen LogP contribution in [0.25, 0.3) is 22.3 Å². The van der Waals surface area contributed by atoms with Crippen molar-refractivity contribution in [3.8, 4) is 17.1 Å². The smallest absolute Gasteiger partial charge is 0.335 e. The molecule has 6 rings (SSSR count). The van der Waals surface area contributed by atoms with Crippen molar-refractivity contribution in [3.63, 3.8) is 0 Å². The Hall–Kier alpha value is -4.27. The Bertz CT molecular complexity index is 1780. The van der Waals surface area contributed by atoms with Gasteiger partial charge in [-0.2, -0.15) is 0 Å². The van der Waals surface area contributed by atoms with Crippen LogP contribution in [-0.2, 0) is 24.3 Å². The van der Waals surface area contributed by atoms with Gasteiger partial charge in [-0.3, -0.25) is 0 Å². The van der Waals surface area contributed by atoms with Crippen LogP contribution in [0.15, 0.2) is 72.8 Å². The van der Waals surface area contributed by atoms with Crippen molar-refractivity contribution in [1.29, 1.82) is 0 Å². The van der Waals surface area contributed by atoms with Gasteiger partial charge in [-0.25, -0.2) is 19.2 Å². The molecule has 1 aliphatic rings. The number of benzene rings is 3. The number of fused-ring (bicyclic) bond motifs is 1. The Kier molecular flexibility index (Phi) is 7.91. The van der Waals surface area contributed by atoms with Gasteiger partial charge >= 0.3 is 5.97 Å². The average molecular weight is 586 g/mol. The predicted molar refractivity (Wildman–Crippen MR) is 159 cm³/mol. The Morgan fingerprint density at radius 1 is 1.10 bits per heavy atom. The Balaban J connectivity index is 1.24. The zero-order valence-corrected chi connectivity index (χ0v) is 23.8. The third-order valence-electron chi connectivity index (χ3n) is 7.59. The van der Waals surface area contributed by atoms with Crippen LogP contribution in [0.4, 0.5) is 4.39 Å². The Morgan fingerprint density at radius 3 is 2.71 bits per heavy atom. The highest BCUT2D eigenvalue weighted by Crippen LogP contribution is 2.27. The molecule has 9 heteroatoms. The normalized spacial score (nSPS) is 14.9. The fourth-order valence-electron chi connectivity index (χ4n) is 5.31. The SMILES string of the molecule is Cc1cc(-c2cccc(OCc3ccc(Cl)cc3F)n2)ccc1Cc1nc2ccc(C(=O)O)cc2n1CC1CCCO1. The summed E-state index contributed by atoms with van der Waals surface area (Å²) >= 11 is 5.85. The van der Waals surface area contributed by atoms with Crippen LogP contribution in [0.3, 0.4) is 0 Å². The van der Waals surface area contributed by atoms with Crippen molar-refractivity contribution >= 4 is 28.6 Å². The maximum Gasteiger partial charge on any atom is 0.335 e. The third-order valence-corrected chi connectivity index (χ3v) is 7.82. The van der Waals surface area contributed by atoms with E-state index in [1.807, 2.05) is 18.2 Å². The van der Waals surface area contributed by atoms with E-state index in [4.69, 9.17) is 26.1 Å². The summed E-state index contributed by atoms with van der Waals surface area (Å²) in [6.07, 6.45) is 2.65. The molecule has 0 amide bonds. The molecule has 1 atom stereocenters. The van der Waals surface area contributed by atoms with E-state index in [0.29, 0.717) is 29.4 Å². The maximum atomic E-state index is 14.2. The monoisotopic (exact) mass is 585 g/mol. The lowest BCUT2D eigenvalue weighted by Crippen LogP contribution is -2.17. The number of nitrogens with zero attached hydrogens (tertiary/aromatic N) is 3. The summed E-state index contributed by atoms with van der Waals surface area (Å²) in [5, 5.41) is 9.89. The molecule has 3 aromatic carbocycles. The molecule has 0 radical (unpaired) electrons. The second-order valence-corrected chi connectivity index (χ2v) is 10.9. The number of aromatic carboxylic acids is 1. The summed E-state index contributed by atoms with van der Waals surface area (Å²) in [4.78, 5) is 21.2. The van der Waals surface area contributed by atoms with Gasteiger partial charge in [-0.05, 0) is 73.4 Å². The number of carboxylic acids is 1. The number of carboxylic acid groups (broad SMARTS) is 1. The molecule has 0 bridgehead atoms. The molecular weight excluding hydrogens is 557 g/mol. The highest BCUT2D eigenvalue weighted by atomic mass is 35.5. The molecular formula is C33H29ClFN3O4. The van der Waals surface area contributed by atoms with E-state index < -0.39 is 11.8 Å². The molecule has 0 saturated carbocycles. The molecule has 1 unspecified atom stereocenters. The molecule has 1 N–H and O–H groups in total. The van der Waals surface area contributed by atoms with Crippen molar-refractivity contribution in [2.45, 2.75) is 45.4 Å². The van der Waals surface area contributed by atoms with Crippen molar-refractivity contribution in [2.75, 3.05) is 6.61 Å². The Labute approximate surface area is 247 Å². The Morgan fingerprint density at radius 2 is 1.95 bits per heavy atom. The first-order chi connectivity index (χ1) is 20.3. The molecule has 1 fully saturated rings. The van der Waals surface area contributed by atoms with Gasteiger partial charge in [0, 0.05) is 35.2 Å². The minimum Gasteiger partial charge on any atom is -0.478 e. The van der Waals surface area contributed by atoms with Crippen LogP contribution in [-0.4, -0.2) is 38.3 Å². The lowest BCUT2D eigenvalue weighted by Gasteiger charge is -2.15.